The summed E-state index contributed by atoms with van der Waals surface area (Å²) in [7, 11) is 1.45. The summed E-state index contributed by atoms with van der Waals surface area (Å²) in [6, 6.07) is 6.67. The molecule has 0 radical (unpaired) electrons. The average Bonchev–Trinajstić information content (AvgIpc) is 2.43. The smallest absolute Gasteiger partial charge is 0.257 e. The minimum absolute atomic E-state index is 0.155. The summed E-state index contributed by atoms with van der Waals surface area (Å²) in [6.07, 6.45) is 1.03. The van der Waals surface area contributed by atoms with Crippen LogP contribution in [0.4, 0.5) is 13.2 Å². The molecule has 0 bridgehead atoms. The summed E-state index contributed by atoms with van der Waals surface area (Å²) in [5.74, 6) is -3.65. The molecule has 0 aliphatic heterocycles. The molecule has 1 aromatic carbocycles. The molecule has 1 aromatic heterocycles. The van der Waals surface area contributed by atoms with Gasteiger partial charge in [0.15, 0.2) is 5.82 Å². The minimum Gasteiger partial charge on any atom is -0.337 e. The lowest BCUT2D eigenvalue weighted by molar-refractivity contribution is 0.0779. The molecule has 0 fully saturated rings. The first-order valence-electron chi connectivity index (χ1n) is 5.79. The van der Waals surface area contributed by atoms with E-state index in [4.69, 9.17) is 0 Å². The van der Waals surface area contributed by atoms with Gasteiger partial charge in [0.1, 0.15) is 5.82 Å². The van der Waals surface area contributed by atoms with E-state index in [2.05, 4.69) is 4.98 Å². The summed E-state index contributed by atoms with van der Waals surface area (Å²) in [4.78, 5) is 16.3. The van der Waals surface area contributed by atoms with Crippen LogP contribution in [0.3, 0.4) is 0 Å². The van der Waals surface area contributed by atoms with Crippen LogP contribution in [0.1, 0.15) is 15.9 Å². The Bertz CT molecular complexity index is 629. The lowest BCUT2D eigenvalue weighted by Gasteiger charge is -2.17. The Morgan fingerprint density at radius 2 is 1.80 bits per heavy atom. The molecule has 104 valence electrons. The predicted molar refractivity (Wildman–Crippen MR) is 66.4 cm³/mol. The summed E-state index contributed by atoms with van der Waals surface area (Å²) >= 11 is 0. The van der Waals surface area contributed by atoms with Gasteiger partial charge < -0.3 is 4.90 Å². The highest BCUT2D eigenvalue weighted by Crippen LogP contribution is 2.13. The first-order chi connectivity index (χ1) is 9.49. The lowest BCUT2D eigenvalue weighted by Crippen LogP contribution is -2.27. The number of carbonyl (C=O) groups is 1. The molecule has 1 heterocycles. The molecule has 6 heteroatoms. The zero-order valence-corrected chi connectivity index (χ0v) is 10.6. The summed E-state index contributed by atoms with van der Waals surface area (Å²) < 4.78 is 39.2. The van der Waals surface area contributed by atoms with Gasteiger partial charge >= 0.3 is 0 Å². The van der Waals surface area contributed by atoms with Crippen LogP contribution >= 0.6 is 0 Å². The first-order valence-corrected chi connectivity index (χ1v) is 5.79. The van der Waals surface area contributed by atoms with Crippen LogP contribution in [0, 0.1) is 17.6 Å². The molecule has 0 N–H and O–H groups in total. The number of amides is 1. The van der Waals surface area contributed by atoms with Crippen molar-refractivity contribution in [2.75, 3.05) is 7.05 Å². The number of nitrogens with zero attached hydrogens (tertiary/aromatic N) is 2. The average molecular weight is 280 g/mol. The van der Waals surface area contributed by atoms with Crippen LogP contribution in [0.2, 0.25) is 0 Å². The maximum atomic E-state index is 13.5. The largest absolute Gasteiger partial charge is 0.337 e. The van der Waals surface area contributed by atoms with Crippen molar-refractivity contribution in [1.29, 1.82) is 0 Å². The second-order valence-corrected chi connectivity index (χ2v) is 4.25. The highest BCUT2D eigenvalue weighted by molar-refractivity contribution is 5.94. The van der Waals surface area contributed by atoms with Crippen LogP contribution < -0.4 is 0 Å². The molecule has 0 spiro atoms. The van der Waals surface area contributed by atoms with Gasteiger partial charge in [-0.15, -0.1) is 0 Å². The highest BCUT2D eigenvalue weighted by atomic mass is 19.2. The van der Waals surface area contributed by atoms with Crippen molar-refractivity contribution >= 4 is 5.91 Å². The molecule has 2 rings (SSSR count). The molecule has 3 nitrogen and oxygen atoms in total. The molecule has 0 aliphatic rings. The van der Waals surface area contributed by atoms with Gasteiger partial charge in [0.25, 0.3) is 5.91 Å². The lowest BCUT2D eigenvalue weighted by atomic mass is 10.2. The second-order valence-electron chi connectivity index (χ2n) is 4.25. The van der Waals surface area contributed by atoms with E-state index in [0.29, 0.717) is 5.56 Å². The second kappa shape index (κ2) is 5.73. The van der Waals surface area contributed by atoms with Gasteiger partial charge in [-0.25, -0.2) is 13.8 Å². The number of carbonyl (C=O) groups excluding carboxylic acids is 1. The zero-order valence-electron chi connectivity index (χ0n) is 10.6. The van der Waals surface area contributed by atoms with E-state index < -0.39 is 17.7 Å². The van der Waals surface area contributed by atoms with Crippen molar-refractivity contribution < 1.29 is 18.0 Å². The maximum absolute atomic E-state index is 13.5. The molecule has 20 heavy (non-hydrogen) atoms. The fourth-order valence-electron chi connectivity index (χ4n) is 1.72. The number of pyridine rings is 1. The van der Waals surface area contributed by atoms with Gasteiger partial charge in [-0.2, -0.15) is 4.39 Å². The Balaban J connectivity index is 2.16. The van der Waals surface area contributed by atoms with E-state index in [0.717, 1.165) is 12.3 Å². The fourth-order valence-corrected chi connectivity index (χ4v) is 1.72. The Hall–Kier alpha value is -2.37. The number of rotatable bonds is 3. The zero-order chi connectivity index (χ0) is 14.7. The van der Waals surface area contributed by atoms with Crippen LogP contribution in [0.25, 0.3) is 0 Å². The molecular weight excluding hydrogens is 269 g/mol. The number of aromatic nitrogens is 1. The van der Waals surface area contributed by atoms with Gasteiger partial charge in [-0.3, -0.25) is 4.79 Å². The normalized spacial score (nSPS) is 10.4. The van der Waals surface area contributed by atoms with E-state index in [1.165, 1.54) is 36.2 Å². The van der Waals surface area contributed by atoms with Crippen molar-refractivity contribution in [2.24, 2.45) is 0 Å². The van der Waals surface area contributed by atoms with E-state index in [1.54, 1.807) is 0 Å². The number of benzene rings is 1. The minimum atomic E-state index is -1.31. The molecule has 1 amide bonds. The summed E-state index contributed by atoms with van der Waals surface area (Å²) in [5, 5.41) is 0. The third-order valence-electron chi connectivity index (χ3n) is 2.76. The molecular formula is C14H11F3N2O. The monoisotopic (exact) mass is 280 g/mol. The Morgan fingerprint density at radius 3 is 2.45 bits per heavy atom. The van der Waals surface area contributed by atoms with Crippen molar-refractivity contribution in [3.8, 4) is 0 Å². The summed E-state index contributed by atoms with van der Waals surface area (Å²) in [6.45, 7) is 0.155. The Morgan fingerprint density at radius 1 is 1.15 bits per heavy atom. The Labute approximate surface area is 113 Å². The van der Waals surface area contributed by atoms with Gasteiger partial charge in [-0.05, 0) is 23.8 Å². The van der Waals surface area contributed by atoms with Crippen molar-refractivity contribution in [1.82, 2.24) is 9.88 Å². The molecule has 2 aromatic rings. The van der Waals surface area contributed by atoms with Crippen molar-refractivity contribution in [3.63, 3.8) is 0 Å². The highest BCUT2D eigenvalue weighted by Gasteiger charge is 2.19. The van der Waals surface area contributed by atoms with E-state index >= 15 is 0 Å². The van der Waals surface area contributed by atoms with E-state index in [-0.39, 0.29) is 17.9 Å². The number of halogens is 3. The molecule has 0 atom stereocenters. The number of hydrogen-bond acceptors (Lipinski definition) is 2. The fraction of sp³-hybridized carbons (Fsp3) is 0.143. The molecule has 0 aliphatic carbocycles. The number of hydrogen-bond donors (Lipinski definition) is 0. The SMILES string of the molecule is CN(Cc1ccc(F)cc1)C(=O)c1ccnc(F)c1F. The third kappa shape index (κ3) is 2.96. The van der Waals surface area contributed by atoms with E-state index in [1.807, 2.05) is 0 Å². The maximum Gasteiger partial charge on any atom is 0.257 e. The van der Waals surface area contributed by atoms with Crippen LogP contribution in [-0.4, -0.2) is 22.8 Å². The van der Waals surface area contributed by atoms with Crippen LogP contribution in [0.15, 0.2) is 36.5 Å². The van der Waals surface area contributed by atoms with Crippen molar-refractivity contribution in [2.45, 2.75) is 6.54 Å². The van der Waals surface area contributed by atoms with Crippen LogP contribution in [-0.2, 0) is 6.54 Å². The quantitative estimate of drug-likeness (QED) is 0.810. The third-order valence-corrected chi connectivity index (χ3v) is 2.76. The summed E-state index contributed by atoms with van der Waals surface area (Å²) in [5.41, 5.74) is 0.291. The van der Waals surface area contributed by atoms with Gasteiger partial charge in [-0.1, -0.05) is 12.1 Å². The van der Waals surface area contributed by atoms with Crippen LogP contribution in [0.5, 0.6) is 0 Å². The topological polar surface area (TPSA) is 33.2 Å². The van der Waals surface area contributed by atoms with Crippen molar-refractivity contribution in [3.05, 3.63) is 65.2 Å². The molecule has 0 saturated heterocycles. The van der Waals surface area contributed by atoms with Gasteiger partial charge in [0, 0.05) is 19.8 Å². The first kappa shape index (κ1) is 14.0. The molecule has 0 unspecified atom stereocenters. The Kier molecular flexibility index (Phi) is 4.02. The standard InChI is InChI=1S/C14H11F3N2O/c1-19(8-9-2-4-10(15)5-3-9)14(20)11-6-7-18-13(17)12(11)16/h2-7H,8H2,1H3. The van der Waals surface area contributed by atoms with Gasteiger partial charge in [0.05, 0.1) is 5.56 Å². The van der Waals surface area contributed by atoms with Gasteiger partial charge in [0.2, 0.25) is 5.95 Å². The molecule has 0 saturated carbocycles. The predicted octanol–water partition coefficient (Wildman–Crippen LogP) is 2.77. The van der Waals surface area contributed by atoms with E-state index in [9.17, 15) is 18.0 Å².